The van der Waals surface area contributed by atoms with Gasteiger partial charge in [0.25, 0.3) is 0 Å². The number of hydrogen-bond donors (Lipinski definition) is 2. The number of anilines is 2. The maximum absolute atomic E-state index is 11.4. The molecule has 2 rings (SSSR count). The lowest BCUT2D eigenvalue weighted by molar-refractivity contribution is -0.116. The van der Waals surface area contributed by atoms with Crippen LogP contribution in [0.3, 0.4) is 0 Å². The van der Waals surface area contributed by atoms with Crippen molar-refractivity contribution in [3.63, 3.8) is 0 Å². The fourth-order valence-corrected chi connectivity index (χ4v) is 2.02. The minimum Gasteiger partial charge on any atom is -0.506 e. The van der Waals surface area contributed by atoms with Crippen molar-refractivity contribution in [1.82, 2.24) is 0 Å². The van der Waals surface area contributed by atoms with E-state index >= 15 is 0 Å². The maximum atomic E-state index is 11.4. The Morgan fingerprint density at radius 2 is 2.27 bits per heavy atom. The second kappa shape index (κ2) is 3.46. The lowest BCUT2D eigenvalue weighted by Gasteiger charge is -2.29. The number of nitrogens with two attached hydrogens (primary N) is 1. The van der Waals surface area contributed by atoms with Gasteiger partial charge in [0.15, 0.2) is 0 Å². The Kier molecular flexibility index (Phi) is 2.26. The van der Waals surface area contributed by atoms with Crippen LogP contribution in [0.5, 0.6) is 5.75 Å². The molecule has 1 aliphatic heterocycles. The number of nitrogens with zero attached hydrogens (tertiary/aromatic N) is 1. The quantitative estimate of drug-likeness (QED) is 0.496. The van der Waals surface area contributed by atoms with Gasteiger partial charge < -0.3 is 15.7 Å². The minimum atomic E-state index is 0.0149. The van der Waals surface area contributed by atoms with Crippen LogP contribution in [0, 0.1) is 0 Å². The minimum absolute atomic E-state index is 0.0149. The molecule has 1 aromatic carbocycles. The van der Waals surface area contributed by atoms with E-state index in [0.717, 1.165) is 30.6 Å². The molecule has 15 heavy (non-hydrogen) atoms. The number of phenolic OH excluding ortho intramolecular Hbond substituents is 1. The molecule has 4 nitrogen and oxygen atoms in total. The highest BCUT2D eigenvalue weighted by atomic mass is 16.3. The van der Waals surface area contributed by atoms with E-state index in [4.69, 9.17) is 5.73 Å². The van der Waals surface area contributed by atoms with Crippen molar-refractivity contribution < 1.29 is 9.90 Å². The summed E-state index contributed by atoms with van der Waals surface area (Å²) in [5.41, 5.74) is 7.90. The SMILES string of the molecule is CC(=O)N1CCCc2c1ccc(O)c2N. The zero-order chi connectivity index (χ0) is 11.0. The van der Waals surface area contributed by atoms with E-state index in [9.17, 15) is 9.90 Å². The van der Waals surface area contributed by atoms with E-state index in [-0.39, 0.29) is 11.7 Å². The summed E-state index contributed by atoms with van der Waals surface area (Å²) in [5, 5.41) is 9.47. The van der Waals surface area contributed by atoms with Crippen LogP contribution >= 0.6 is 0 Å². The fourth-order valence-electron chi connectivity index (χ4n) is 2.02. The van der Waals surface area contributed by atoms with E-state index in [0.29, 0.717) is 5.69 Å². The van der Waals surface area contributed by atoms with Crippen LogP contribution in [0.25, 0.3) is 0 Å². The van der Waals surface area contributed by atoms with Crippen molar-refractivity contribution in [1.29, 1.82) is 0 Å². The van der Waals surface area contributed by atoms with Crippen LogP contribution < -0.4 is 10.6 Å². The maximum Gasteiger partial charge on any atom is 0.223 e. The molecule has 1 aliphatic rings. The fraction of sp³-hybridized carbons (Fsp3) is 0.364. The van der Waals surface area contributed by atoms with Crippen LogP contribution in [0.1, 0.15) is 18.9 Å². The average molecular weight is 206 g/mol. The molecule has 0 aromatic heterocycles. The number of phenols is 1. The average Bonchev–Trinajstić information content (AvgIpc) is 2.23. The molecule has 1 aromatic rings. The van der Waals surface area contributed by atoms with E-state index in [1.807, 2.05) is 0 Å². The summed E-state index contributed by atoms with van der Waals surface area (Å²) in [6.45, 7) is 2.27. The molecular formula is C11H14N2O2. The summed E-state index contributed by atoms with van der Waals surface area (Å²) >= 11 is 0. The third-order valence-corrected chi connectivity index (χ3v) is 2.79. The summed E-state index contributed by atoms with van der Waals surface area (Å²) in [4.78, 5) is 13.1. The standard InChI is InChI=1S/C11H14N2O2/c1-7(14)13-6-2-3-8-9(13)4-5-10(15)11(8)12/h4-5,15H,2-3,6,12H2,1H3. The van der Waals surface area contributed by atoms with Gasteiger partial charge in [0.05, 0.1) is 5.69 Å². The Balaban J connectivity index is 2.54. The largest absolute Gasteiger partial charge is 0.506 e. The predicted octanol–water partition coefficient (Wildman–Crippen LogP) is 1.27. The smallest absolute Gasteiger partial charge is 0.223 e. The highest BCUT2D eigenvalue weighted by Crippen LogP contribution is 2.36. The first-order chi connectivity index (χ1) is 7.11. The lowest BCUT2D eigenvalue weighted by Crippen LogP contribution is -2.33. The monoisotopic (exact) mass is 206 g/mol. The predicted molar refractivity (Wildman–Crippen MR) is 58.9 cm³/mol. The summed E-state index contributed by atoms with van der Waals surface area (Å²) in [6.07, 6.45) is 1.71. The Morgan fingerprint density at radius 3 is 2.93 bits per heavy atom. The molecule has 1 amide bonds. The first-order valence-electron chi connectivity index (χ1n) is 4.99. The van der Waals surface area contributed by atoms with E-state index < -0.39 is 0 Å². The molecular weight excluding hydrogens is 192 g/mol. The van der Waals surface area contributed by atoms with Crippen LogP contribution in [-0.4, -0.2) is 17.6 Å². The number of carbonyl (C=O) groups excluding carboxylic acids is 1. The topological polar surface area (TPSA) is 66.6 Å². The van der Waals surface area contributed by atoms with Crippen molar-refractivity contribution in [3.8, 4) is 5.75 Å². The molecule has 0 radical (unpaired) electrons. The molecule has 0 atom stereocenters. The molecule has 0 saturated heterocycles. The number of carbonyl (C=O) groups is 1. The zero-order valence-electron chi connectivity index (χ0n) is 8.66. The molecule has 0 bridgehead atoms. The number of benzene rings is 1. The molecule has 80 valence electrons. The first kappa shape index (κ1) is 9.83. The molecule has 0 saturated carbocycles. The van der Waals surface area contributed by atoms with Crippen LogP contribution in [-0.2, 0) is 11.2 Å². The highest BCUT2D eigenvalue weighted by molar-refractivity contribution is 5.94. The van der Waals surface area contributed by atoms with E-state index in [1.54, 1.807) is 11.0 Å². The summed E-state index contributed by atoms with van der Waals surface area (Å²) in [6, 6.07) is 3.29. The van der Waals surface area contributed by atoms with Gasteiger partial charge in [-0.2, -0.15) is 0 Å². The van der Waals surface area contributed by atoms with Crippen LogP contribution in [0.15, 0.2) is 12.1 Å². The third kappa shape index (κ3) is 1.52. The molecule has 3 N–H and O–H groups in total. The summed E-state index contributed by atoms with van der Waals surface area (Å²) in [5.74, 6) is 0.111. The van der Waals surface area contributed by atoms with Gasteiger partial charge in [-0.05, 0) is 25.0 Å². The Bertz CT molecular complexity index is 415. The third-order valence-electron chi connectivity index (χ3n) is 2.79. The van der Waals surface area contributed by atoms with Gasteiger partial charge in [-0.3, -0.25) is 4.79 Å². The molecule has 1 heterocycles. The van der Waals surface area contributed by atoms with Crippen LogP contribution in [0.4, 0.5) is 11.4 Å². The molecule has 4 heteroatoms. The van der Waals surface area contributed by atoms with E-state index in [1.165, 1.54) is 13.0 Å². The van der Waals surface area contributed by atoms with Crippen molar-refractivity contribution in [3.05, 3.63) is 17.7 Å². The van der Waals surface area contributed by atoms with E-state index in [2.05, 4.69) is 0 Å². The van der Waals surface area contributed by atoms with Crippen molar-refractivity contribution in [2.45, 2.75) is 19.8 Å². The first-order valence-corrected chi connectivity index (χ1v) is 4.99. The van der Waals surface area contributed by atoms with Gasteiger partial charge in [0.1, 0.15) is 5.75 Å². The van der Waals surface area contributed by atoms with Crippen LogP contribution in [0.2, 0.25) is 0 Å². The normalized spacial score (nSPS) is 14.9. The molecule has 0 spiro atoms. The van der Waals surface area contributed by atoms with Gasteiger partial charge in [0.2, 0.25) is 5.91 Å². The van der Waals surface area contributed by atoms with Crippen molar-refractivity contribution >= 4 is 17.3 Å². The van der Waals surface area contributed by atoms with Crippen molar-refractivity contribution in [2.75, 3.05) is 17.2 Å². The second-order valence-electron chi connectivity index (χ2n) is 3.77. The number of nitrogen functional groups attached to an aromatic ring is 1. The number of aromatic hydroxyl groups is 1. The molecule has 0 fully saturated rings. The Morgan fingerprint density at radius 1 is 1.53 bits per heavy atom. The lowest BCUT2D eigenvalue weighted by atomic mass is 9.99. The van der Waals surface area contributed by atoms with Gasteiger partial charge in [0, 0.05) is 24.7 Å². The summed E-state index contributed by atoms with van der Waals surface area (Å²) < 4.78 is 0. The number of fused-ring (bicyclic) bond motifs is 1. The number of amides is 1. The van der Waals surface area contributed by atoms with Gasteiger partial charge >= 0.3 is 0 Å². The molecule has 0 aliphatic carbocycles. The van der Waals surface area contributed by atoms with Gasteiger partial charge in [-0.15, -0.1) is 0 Å². The zero-order valence-corrected chi connectivity index (χ0v) is 8.66. The number of hydrogen-bond acceptors (Lipinski definition) is 3. The van der Waals surface area contributed by atoms with Gasteiger partial charge in [-0.25, -0.2) is 0 Å². The van der Waals surface area contributed by atoms with Crippen molar-refractivity contribution in [2.24, 2.45) is 0 Å². The molecule has 0 unspecified atom stereocenters. The Hall–Kier alpha value is -1.71. The number of rotatable bonds is 0. The Labute approximate surface area is 88.3 Å². The highest BCUT2D eigenvalue weighted by Gasteiger charge is 2.22. The second-order valence-corrected chi connectivity index (χ2v) is 3.77. The summed E-state index contributed by atoms with van der Waals surface area (Å²) in [7, 11) is 0. The van der Waals surface area contributed by atoms with Gasteiger partial charge in [-0.1, -0.05) is 0 Å².